The Morgan fingerprint density at radius 3 is 2.50 bits per heavy atom. The first-order valence-corrected chi connectivity index (χ1v) is 9.85. The van der Waals surface area contributed by atoms with E-state index in [-0.39, 0.29) is 23.3 Å². The average Bonchev–Trinajstić information content (AvgIpc) is 3.55. The highest BCUT2D eigenvalue weighted by Crippen LogP contribution is 2.39. The fourth-order valence-corrected chi connectivity index (χ4v) is 3.74. The first-order chi connectivity index (χ1) is 14.4. The molecule has 1 aromatic heterocycles. The van der Waals surface area contributed by atoms with Crippen molar-refractivity contribution in [3.05, 3.63) is 34.4 Å². The molecule has 0 bridgehead atoms. The normalized spacial score (nSPS) is 16.6. The molecule has 0 spiro atoms. The van der Waals surface area contributed by atoms with Gasteiger partial charge in [0.15, 0.2) is 5.75 Å². The molecular weight excluding hydrogens is 397 g/mol. The van der Waals surface area contributed by atoms with Gasteiger partial charge in [0.25, 0.3) is 0 Å². The van der Waals surface area contributed by atoms with Crippen LogP contribution in [0.5, 0.6) is 5.75 Å². The lowest BCUT2D eigenvalue weighted by atomic mass is 10.1. The molecule has 2 heterocycles. The lowest BCUT2D eigenvalue weighted by molar-refractivity contribution is 0.105. The van der Waals surface area contributed by atoms with E-state index in [1.165, 1.54) is 6.20 Å². The van der Waals surface area contributed by atoms with E-state index in [0.29, 0.717) is 44.0 Å². The quantitative estimate of drug-likeness (QED) is 0.761. The highest BCUT2D eigenvalue weighted by Gasteiger charge is 2.29. The van der Waals surface area contributed by atoms with Gasteiger partial charge >= 0.3 is 12.2 Å². The second kappa shape index (κ2) is 7.85. The summed E-state index contributed by atoms with van der Waals surface area (Å²) in [5.74, 6) is -0.920. The molecule has 1 saturated heterocycles. The van der Waals surface area contributed by atoms with E-state index >= 15 is 0 Å². The van der Waals surface area contributed by atoms with Crippen molar-refractivity contribution in [1.82, 2.24) is 9.47 Å². The number of carboxylic acid groups (broad SMARTS) is 1. The number of nitrogens with zero attached hydrogens (tertiary/aromatic N) is 3. The number of anilines is 1. The van der Waals surface area contributed by atoms with Crippen LogP contribution in [0.15, 0.2) is 23.1 Å². The summed E-state index contributed by atoms with van der Waals surface area (Å²) in [7, 11) is 0. The summed E-state index contributed by atoms with van der Waals surface area (Å²) in [6.45, 7) is 3.69. The number of carbonyl (C=O) groups excluding carboxylic acids is 1. The largest absolute Gasteiger partial charge is 0.511 e. The molecule has 0 atom stereocenters. The minimum atomic E-state index is -1.59. The maximum absolute atomic E-state index is 15.0. The molecule has 2 fully saturated rings. The first-order valence-electron chi connectivity index (χ1n) is 9.85. The topological polar surface area (TPSA) is 101 Å². The number of ether oxygens (including phenoxy) is 2. The number of piperazine rings is 1. The summed E-state index contributed by atoms with van der Waals surface area (Å²) in [4.78, 5) is 38.8. The van der Waals surface area contributed by atoms with Gasteiger partial charge in [-0.1, -0.05) is 0 Å². The number of benzene rings is 1. The highest BCUT2D eigenvalue weighted by molar-refractivity contribution is 5.85. The fourth-order valence-electron chi connectivity index (χ4n) is 3.74. The zero-order valence-electron chi connectivity index (χ0n) is 16.5. The van der Waals surface area contributed by atoms with Crippen LogP contribution in [0.25, 0.3) is 10.9 Å². The summed E-state index contributed by atoms with van der Waals surface area (Å²) in [6, 6.07) is 2.87. The maximum Gasteiger partial charge on any atom is 0.511 e. The molecule has 2 aromatic rings. The van der Waals surface area contributed by atoms with Crippen molar-refractivity contribution in [2.45, 2.75) is 25.8 Å². The predicted octanol–water partition coefficient (Wildman–Crippen LogP) is 2.81. The minimum absolute atomic E-state index is 0.0760. The maximum atomic E-state index is 15.0. The van der Waals surface area contributed by atoms with Crippen LogP contribution in [0, 0.1) is 5.82 Å². The van der Waals surface area contributed by atoms with Crippen molar-refractivity contribution >= 4 is 28.8 Å². The van der Waals surface area contributed by atoms with E-state index in [1.807, 2.05) is 4.90 Å². The van der Waals surface area contributed by atoms with Crippen LogP contribution in [-0.2, 0) is 4.74 Å². The van der Waals surface area contributed by atoms with Gasteiger partial charge in [-0.25, -0.2) is 14.0 Å². The van der Waals surface area contributed by atoms with Crippen molar-refractivity contribution in [2.24, 2.45) is 0 Å². The molecule has 160 valence electrons. The van der Waals surface area contributed by atoms with Gasteiger partial charge in [0.05, 0.1) is 29.4 Å². The van der Waals surface area contributed by atoms with Crippen LogP contribution in [0.1, 0.15) is 25.8 Å². The molecule has 0 radical (unpaired) electrons. The molecule has 1 N–H and O–H groups in total. The van der Waals surface area contributed by atoms with Crippen molar-refractivity contribution in [2.75, 3.05) is 37.7 Å². The van der Waals surface area contributed by atoms with Gasteiger partial charge < -0.3 is 28.9 Å². The van der Waals surface area contributed by atoms with Gasteiger partial charge in [0.2, 0.25) is 5.43 Å². The summed E-state index contributed by atoms with van der Waals surface area (Å²) >= 11 is 0. The Hall–Kier alpha value is -3.30. The Morgan fingerprint density at radius 1 is 1.20 bits per heavy atom. The lowest BCUT2D eigenvalue weighted by Crippen LogP contribution is -2.49. The summed E-state index contributed by atoms with van der Waals surface area (Å²) < 4.78 is 26.4. The van der Waals surface area contributed by atoms with E-state index in [1.54, 1.807) is 22.5 Å². The molecule has 2 aliphatic rings. The smallest absolute Gasteiger partial charge is 0.450 e. The number of halogens is 1. The third-order valence-electron chi connectivity index (χ3n) is 5.35. The second-order valence-electron chi connectivity index (χ2n) is 7.32. The first kappa shape index (κ1) is 20.0. The predicted molar refractivity (Wildman–Crippen MR) is 106 cm³/mol. The summed E-state index contributed by atoms with van der Waals surface area (Å²) in [5, 5.41) is 8.96. The number of aromatic nitrogens is 1. The van der Waals surface area contributed by atoms with Crippen LogP contribution in [0.3, 0.4) is 0 Å². The van der Waals surface area contributed by atoms with E-state index in [2.05, 4.69) is 4.74 Å². The molecule has 30 heavy (non-hydrogen) atoms. The molecule has 9 nitrogen and oxygen atoms in total. The Bertz CT molecular complexity index is 1060. The van der Waals surface area contributed by atoms with E-state index in [0.717, 1.165) is 18.9 Å². The molecule has 1 amide bonds. The Balaban J connectivity index is 1.68. The van der Waals surface area contributed by atoms with Crippen molar-refractivity contribution in [3.8, 4) is 5.75 Å². The zero-order chi connectivity index (χ0) is 21.4. The third-order valence-corrected chi connectivity index (χ3v) is 5.35. The molecule has 1 aliphatic heterocycles. The summed E-state index contributed by atoms with van der Waals surface area (Å²) in [6.07, 6.45) is 1.18. The fraction of sp³-hybridized carbons (Fsp3) is 0.450. The summed E-state index contributed by atoms with van der Waals surface area (Å²) in [5.41, 5.74) is 0.207. The van der Waals surface area contributed by atoms with Gasteiger partial charge in [-0.15, -0.1) is 0 Å². The zero-order valence-corrected chi connectivity index (χ0v) is 16.5. The van der Waals surface area contributed by atoms with E-state index in [9.17, 15) is 18.8 Å². The van der Waals surface area contributed by atoms with Crippen LogP contribution in [-0.4, -0.2) is 59.6 Å². The van der Waals surface area contributed by atoms with Gasteiger partial charge in [0.1, 0.15) is 5.82 Å². The Labute approximate surface area is 171 Å². The number of hydrogen-bond acceptors (Lipinski definition) is 6. The number of pyridine rings is 1. The number of rotatable bonds is 4. The second-order valence-corrected chi connectivity index (χ2v) is 7.32. The Morgan fingerprint density at radius 2 is 1.90 bits per heavy atom. The molecule has 0 unspecified atom stereocenters. The SMILES string of the molecule is CCOC(=O)N1CCN(c2cc3c(cc2F)c(=O)c(OC(=O)O)cn3C2CC2)CC1. The number of amides is 1. The molecule has 1 aromatic carbocycles. The van der Waals surface area contributed by atoms with E-state index in [4.69, 9.17) is 9.84 Å². The molecule has 4 rings (SSSR count). The van der Waals surface area contributed by atoms with Crippen molar-refractivity contribution in [3.63, 3.8) is 0 Å². The Kier molecular flexibility index (Phi) is 5.23. The van der Waals surface area contributed by atoms with Crippen molar-refractivity contribution < 1.29 is 28.6 Å². The van der Waals surface area contributed by atoms with Gasteiger partial charge in [-0.3, -0.25) is 4.79 Å². The number of carbonyl (C=O) groups is 2. The number of fused-ring (bicyclic) bond motifs is 1. The standard InChI is InChI=1S/C20H22FN3O6/c1-2-29-19(26)23-7-5-22(6-8-23)16-10-15-13(9-14(16)21)18(25)17(30-20(27)28)11-24(15)12-3-4-12/h9-12H,2-8H2,1H3,(H,27,28). The monoisotopic (exact) mass is 419 g/mol. The van der Waals surface area contributed by atoms with Gasteiger partial charge in [0, 0.05) is 32.2 Å². The van der Waals surface area contributed by atoms with Crippen LogP contribution in [0.2, 0.25) is 0 Å². The molecule has 1 aliphatic carbocycles. The highest BCUT2D eigenvalue weighted by atomic mass is 19.1. The number of hydrogen-bond donors (Lipinski definition) is 1. The molecule has 1 saturated carbocycles. The van der Waals surface area contributed by atoms with Gasteiger partial charge in [-0.2, -0.15) is 0 Å². The molecular formula is C20H22FN3O6. The van der Waals surface area contributed by atoms with Crippen LogP contribution in [0.4, 0.5) is 19.7 Å². The lowest BCUT2D eigenvalue weighted by Gasteiger charge is -2.35. The minimum Gasteiger partial charge on any atom is -0.450 e. The molecule has 10 heteroatoms. The van der Waals surface area contributed by atoms with Crippen molar-refractivity contribution in [1.29, 1.82) is 0 Å². The average molecular weight is 419 g/mol. The van der Waals surface area contributed by atoms with Crippen LogP contribution >= 0.6 is 0 Å². The van der Waals surface area contributed by atoms with Crippen LogP contribution < -0.4 is 15.1 Å². The van der Waals surface area contributed by atoms with Gasteiger partial charge in [-0.05, 0) is 31.9 Å². The third kappa shape index (κ3) is 3.77. The van der Waals surface area contributed by atoms with E-state index < -0.39 is 17.4 Å².